The lowest BCUT2D eigenvalue weighted by Gasteiger charge is -2.16. The third-order valence-corrected chi connectivity index (χ3v) is 4.78. The van der Waals surface area contributed by atoms with Gasteiger partial charge in [-0.15, -0.1) is 0 Å². The van der Waals surface area contributed by atoms with Crippen LogP contribution in [0.3, 0.4) is 0 Å². The van der Waals surface area contributed by atoms with Gasteiger partial charge in [0.1, 0.15) is 0 Å². The largest absolute Gasteiger partial charge is 0.469 e. The zero-order valence-corrected chi connectivity index (χ0v) is 13.6. The van der Waals surface area contributed by atoms with Gasteiger partial charge in [0.15, 0.2) is 0 Å². The maximum atomic E-state index is 12.4. The number of carbonyl (C=O) groups excluding carboxylic acids is 2. The van der Waals surface area contributed by atoms with Crippen molar-refractivity contribution >= 4 is 39.4 Å². The molecule has 1 amide bonds. The molecule has 2 unspecified atom stereocenters. The van der Waals surface area contributed by atoms with E-state index in [0.29, 0.717) is 28.1 Å². The minimum Gasteiger partial charge on any atom is -0.469 e. The van der Waals surface area contributed by atoms with Crippen LogP contribution in [0.25, 0.3) is 0 Å². The Morgan fingerprint density at radius 3 is 2.70 bits per heavy atom. The molecular weight excluding hydrogens is 346 g/mol. The molecule has 1 aromatic rings. The summed E-state index contributed by atoms with van der Waals surface area (Å²) in [5.74, 6) is -0.507. The maximum Gasteiger partial charge on any atom is 0.310 e. The fourth-order valence-electron chi connectivity index (χ4n) is 2.40. The molecule has 4 nitrogen and oxygen atoms in total. The summed E-state index contributed by atoms with van der Waals surface area (Å²) in [7, 11) is 1.37. The first-order chi connectivity index (χ1) is 9.43. The Labute approximate surface area is 131 Å². The van der Waals surface area contributed by atoms with Crippen molar-refractivity contribution in [1.29, 1.82) is 0 Å². The third-order valence-electron chi connectivity index (χ3n) is 3.57. The lowest BCUT2D eigenvalue weighted by atomic mass is 9.99. The Bertz CT molecular complexity index is 549. The second kappa shape index (κ2) is 6.14. The standard InChI is InChI=1S/C14H15BrClNO3/c1-8-6-17(7-10(8)14(19)20-2)13(18)9-3-4-12(16)11(15)5-9/h3-5,8,10H,6-7H2,1-2H3. The monoisotopic (exact) mass is 359 g/mol. The summed E-state index contributed by atoms with van der Waals surface area (Å²) in [6, 6.07) is 5.06. The lowest BCUT2D eigenvalue weighted by Crippen LogP contribution is -2.30. The van der Waals surface area contributed by atoms with E-state index in [4.69, 9.17) is 16.3 Å². The van der Waals surface area contributed by atoms with Crippen molar-refractivity contribution in [1.82, 2.24) is 4.90 Å². The molecule has 2 atom stereocenters. The Kier molecular flexibility index (Phi) is 4.70. The third kappa shape index (κ3) is 2.99. The number of hydrogen-bond acceptors (Lipinski definition) is 3. The topological polar surface area (TPSA) is 46.6 Å². The fraction of sp³-hybridized carbons (Fsp3) is 0.429. The van der Waals surface area contributed by atoms with Crippen molar-refractivity contribution in [2.45, 2.75) is 6.92 Å². The van der Waals surface area contributed by atoms with E-state index in [1.165, 1.54) is 7.11 Å². The quantitative estimate of drug-likeness (QED) is 0.762. The van der Waals surface area contributed by atoms with Crippen molar-refractivity contribution in [2.75, 3.05) is 20.2 Å². The summed E-state index contributed by atoms with van der Waals surface area (Å²) in [6.45, 7) is 2.90. The van der Waals surface area contributed by atoms with Gasteiger partial charge in [0.05, 0.1) is 18.1 Å². The summed E-state index contributed by atoms with van der Waals surface area (Å²) in [4.78, 5) is 25.7. The Balaban J connectivity index is 2.14. The van der Waals surface area contributed by atoms with Gasteiger partial charge in [-0.2, -0.15) is 0 Å². The number of carbonyl (C=O) groups is 2. The molecule has 1 heterocycles. The van der Waals surface area contributed by atoms with Crippen molar-refractivity contribution in [3.05, 3.63) is 33.3 Å². The number of benzene rings is 1. The highest BCUT2D eigenvalue weighted by atomic mass is 79.9. The lowest BCUT2D eigenvalue weighted by molar-refractivity contribution is -0.146. The number of ether oxygens (including phenoxy) is 1. The second-order valence-corrected chi connectivity index (χ2v) is 6.21. The molecule has 0 saturated carbocycles. The molecule has 0 N–H and O–H groups in total. The average molecular weight is 361 g/mol. The zero-order valence-electron chi connectivity index (χ0n) is 11.2. The number of hydrogen-bond donors (Lipinski definition) is 0. The highest BCUT2D eigenvalue weighted by Gasteiger charge is 2.37. The smallest absolute Gasteiger partial charge is 0.310 e. The molecular formula is C14H15BrClNO3. The second-order valence-electron chi connectivity index (χ2n) is 4.95. The summed E-state index contributed by atoms with van der Waals surface area (Å²) in [6.07, 6.45) is 0. The molecule has 6 heteroatoms. The van der Waals surface area contributed by atoms with Gasteiger partial charge in [-0.25, -0.2) is 0 Å². The van der Waals surface area contributed by atoms with E-state index in [2.05, 4.69) is 15.9 Å². The van der Waals surface area contributed by atoms with Gasteiger partial charge in [-0.1, -0.05) is 18.5 Å². The first-order valence-electron chi connectivity index (χ1n) is 6.26. The Morgan fingerprint density at radius 2 is 2.10 bits per heavy atom. The molecule has 0 aromatic heterocycles. The number of amides is 1. The van der Waals surface area contributed by atoms with Gasteiger partial charge in [-0.3, -0.25) is 9.59 Å². The normalized spacial score (nSPS) is 21.9. The fourth-order valence-corrected chi connectivity index (χ4v) is 2.90. The van der Waals surface area contributed by atoms with Crippen LogP contribution in [-0.2, 0) is 9.53 Å². The number of rotatable bonds is 2. The summed E-state index contributed by atoms with van der Waals surface area (Å²) < 4.78 is 5.45. The summed E-state index contributed by atoms with van der Waals surface area (Å²) in [5, 5.41) is 0.559. The molecule has 1 aliphatic rings. The molecule has 1 aliphatic heterocycles. The van der Waals surface area contributed by atoms with Crippen LogP contribution in [0.5, 0.6) is 0 Å². The van der Waals surface area contributed by atoms with Gasteiger partial charge in [0.2, 0.25) is 0 Å². The molecule has 1 saturated heterocycles. The molecule has 1 fully saturated rings. The summed E-state index contributed by atoms with van der Waals surface area (Å²) in [5.41, 5.74) is 0.555. The van der Waals surface area contributed by atoms with Crippen molar-refractivity contribution in [2.24, 2.45) is 11.8 Å². The van der Waals surface area contributed by atoms with E-state index in [1.54, 1.807) is 23.1 Å². The number of halogens is 2. The van der Waals surface area contributed by atoms with E-state index < -0.39 is 0 Å². The van der Waals surface area contributed by atoms with Crippen LogP contribution >= 0.6 is 27.5 Å². The van der Waals surface area contributed by atoms with E-state index in [-0.39, 0.29) is 23.7 Å². The number of nitrogens with zero attached hydrogens (tertiary/aromatic N) is 1. The number of methoxy groups -OCH3 is 1. The van der Waals surface area contributed by atoms with E-state index in [1.807, 2.05) is 6.92 Å². The number of likely N-dealkylation sites (tertiary alicyclic amines) is 1. The highest BCUT2D eigenvalue weighted by molar-refractivity contribution is 9.10. The Morgan fingerprint density at radius 1 is 1.40 bits per heavy atom. The SMILES string of the molecule is COC(=O)C1CN(C(=O)c2ccc(Cl)c(Br)c2)CC1C. The molecule has 20 heavy (non-hydrogen) atoms. The molecule has 0 aliphatic carbocycles. The molecule has 0 bridgehead atoms. The van der Waals surface area contributed by atoms with Crippen LogP contribution in [-0.4, -0.2) is 37.0 Å². The van der Waals surface area contributed by atoms with Crippen LogP contribution in [0.15, 0.2) is 22.7 Å². The Hall–Kier alpha value is -1.07. The van der Waals surface area contributed by atoms with E-state index in [9.17, 15) is 9.59 Å². The molecule has 0 radical (unpaired) electrons. The summed E-state index contributed by atoms with van der Waals surface area (Å²) >= 11 is 9.22. The van der Waals surface area contributed by atoms with Crippen molar-refractivity contribution in [3.8, 4) is 0 Å². The first kappa shape index (κ1) is 15.3. The predicted octanol–water partition coefficient (Wildman–Crippen LogP) is 2.98. The maximum absolute atomic E-state index is 12.4. The van der Waals surface area contributed by atoms with Crippen LogP contribution in [0.1, 0.15) is 17.3 Å². The minimum absolute atomic E-state index is 0.0966. The van der Waals surface area contributed by atoms with Crippen LogP contribution in [0.2, 0.25) is 5.02 Å². The number of esters is 1. The van der Waals surface area contributed by atoms with E-state index in [0.717, 1.165) is 0 Å². The predicted molar refractivity (Wildman–Crippen MR) is 79.7 cm³/mol. The van der Waals surface area contributed by atoms with Crippen LogP contribution < -0.4 is 0 Å². The van der Waals surface area contributed by atoms with E-state index >= 15 is 0 Å². The van der Waals surface area contributed by atoms with Gasteiger partial charge < -0.3 is 9.64 Å². The van der Waals surface area contributed by atoms with Crippen molar-refractivity contribution < 1.29 is 14.3 Å². The molecule has 1 aromatic carbocycles. The van der Waals surface area contributed by atoms with Gasteiger partial charge in [-0.05, 0) is 40.0 Å². The highest BCUT2D eigenvalue weighted by Crippen LogP contribution is 2.28. The average Bonchev–Trinajstić information content (AvgIpc) is 2.82. The van der Waals surface area contributed by atoms with Gasteiger partial charge in [0.25, 0.3) is 5.91 Å². The van der Waals surface area contributed by atoms with Crippen LogP contribution in [0, 0.1) is 11.8 Å². The first-order valence-corrected chi connectivity index (χ1v) is 7.43. The van der Waals surface area contributed by atoms with Crippen molar-refractivity contribution in [3.63, 3.8) is 0 Å². The van der Waals surface area contributed by atoms with Crippen LogP contribution in [0.4, 0.5) is 0 Å². The van der Waals surface area contributed by atoms with Gasteiger partial charge >= 0.3 is 5.97 Å². The molecule has 108 valence electrons. The molecule has 2 rings (SSSR count). The minimum atomic E-state index is -0.259. The van der Waals surface area contributed by atoms with Gasteiger partial charge in [0, 0.05) is 23.1 Å². The molecule has 0 spiro atoms. The zero-order chi connectivity index (χ0) is 14.9.